The van der Waals surface area contributed by atoms with E-state index >= 15 is 0 Å². The van der Waals surface area contributed by atoms with Gasteiger partial charge in [-0.3, -0.25) is 0 Å². The largest absolute Gasteiger partial charge is 0.477 e. The molecule has 3 nitrogen and oxygen atoms in total. The number of aromatic nitrogens is 2. The molecule has 1 heterocycles. The summed E-state index contributed by atoms with van der Waals surface area (Å²) in [7, 11) is 0. The predicted molar refractivity (Wildman–Crippen MR) is 81.2 cm³/mol. The Balaban J connectivity index is 2.24. The highest BCUT2D eigenvalue weighted by Gasteiger charge is 2.10. The molecule has 0 saturated carbocycles. The lowest BCUT2D eigenvalue weighted by molar-refractivity contribution is 0.331. The topological polar surface area (TPSA) is 35.0 Å². The minimum atomic E-state index is 0.559. The van der Waals surface area contributed by atoms with E-state index in [0.29, 0.717) is 23.3 Å². The molecule has 0 saturated heterocycles. The summed E-state index contributed by atoms with van der Waals surface area (Å²) in [4.78, 5) is 9.09. The van der Waals surface area contributed by atoms with Gasteiger partial charge in [0.2, 0.25) is 5.88 Å². The summed E-state index contributed by atoms with van der Waals surface area (Å²) in [6, 6.07) is 15.4. The summed E-state index contributed by atoms with van der Waals surface area (Å²) in [5.41, 5.74) is 1.74. The fourth-order valence-corrected chi connectivity index (χ4v) is 2.20. The van der Waals surface area contributed by atoms with Crippen molar-refractivity contribution in [2.24, 2.45) is 0 Å². The molecule has 0 unspecified atom stereocenters. The maximum atomic E-state index is 6.05. The Kier molecular flexibility index (Phi) is 3.52. The molecule has 0 fully saturated rings. The fraction of sp³-hybridized carbons (Fsp3) is 0.125. The first-order valence-electron chi connectivity index (χ1n) is 6.43. The van der Waals surface area contributed by atoms with Gasteiger partial charge in [0.1, 0.15) is 0 Å². The van der Waals surface area contributed by atoms with Crippen LogP contribution >= 0.6 is 11.6 Å². The van der Waals surface area contributed by atoms with E-state index in [1.807, 2.05) is 55.5 Å². The van der Waals surface area contributed by atoms with Crippen LogP contribution in [0.3, 0.4) is 0 Å². The lowest BCUT2D eigenvalue weighted by Crippen LogP contribution is -1.99. The van der Waals surface area contributed by atoms with Crippen LogP contribution in [0.5, 0.6) is 5.88 Å². The summed E-state index contributed by atoms with van der Waals surface area (Å²) >= 11 is 6.05. The summed E-state index contributed by atoms with van der Waals surface area (Å²) in [6.45, 7) is 2.50. The minimum absolute atomic E-state index is 0.559. The van der Waals surface area contributed by atoms with Gasteiger partial charge < -0.3 is 4.74 Å². The maximum Gasteiger partial charge on any atom is 0.225 e. The van der Waals surface area contributed by atoms with Crippen LogP contribution in [-0.2, 0) is 0 Å². The zero-order valence-electron chi connectivity index (χ0n) is 11.0. The molecule has 0 aliphatic carbocycles. The Morgan fingerprint density at radius 2 is 1.85 bits per heavy atom. The molecule has 3 aromatic rings. The van der Waals surface area contributed by atoms with Gasteiger partial charge in [0.25, 0.3) is 0 Å². The predicted octanol–water partition coefficient (Wildman–Crippen LogP) is 4.35. The molecule has 0 N–H and O–H groups in total. The molecule has 4 heteroatoms. The molecule has 0 atom stereocenters. The lowest BCUT2D eigenvalue weighted by atomic mass is 10.2. The second-order valence-electron chi connectivity index (χ2n) is 4.31. The molecule has 0 spiro atoms. The fourth-order valence-electron chi connectivity index (χ4n) is 2.04. The number of nitrogens with zero attached hydrogens (tertiary/aromatic N) is 2. The van der Waals surface area contributed by atoms with Gasteiger partial charge in [-0.25, -0.2) is 4.98 Å². The van der Waals surface area contributed by atoms with Crippen LogP contribution < -0.4 is 4.74 Å². The van der Waals surface area contributed by atoms with Crippen molar-refractivity contribution in [3.8, 4) is 17.3 Å². The molecule has 0 aliphatic rings. The minimum Gasteiger partial charge on any atom is -0.477 e. The van der Waals surface area contributed by atoms with Crippen molar-refractivity contribution in [2.75, 3.05) is 6.61 Å². The van der Waals surface area contributed by atoms with Gasteiger partial charge >= 0.3 is 0 Å². The summed E-state index contributed by atoms with van der Waals surface area (Å²) < 4.78 is 5.63. The van der Waals surface area contributed by atoms with Crippen LogP contribution in [0.25, 0.3) is 22.3 Å². The SMILES string of the molecule is CCOc1nc(-c2ccccc2)nc2cc(Cl)ccc12. The number of hydrogen-bond acceptors (Lipinski definition) is 3. The van der Waals surface area contributed by atoms with E-state index in [1.165, 1.54) is 0 Å². The van der Waals surface area contributed by atoms with Gasteiger partial charge in [0.05, 0.1) is 17.5 Å². The van der Waals surface area contributed by atoms with E-state index in [1.54, 1.807) is 0 Å². The second-order valence-corrected chi connectivity index (χ2v) is 4.75. The van der Waals surface area contributed by atoms with Crippen molar-refractivity contribution in [3.05, 3.63) is 53.6 Å². The van der Waals surface area contributed by atoms with Crippen molar-refractivity contribution in [2.45, 2.75) is 6.92 Å². The Morgan fingerprint density at radius 1 is 1.05 bits per heavy atom. The molecule has 0 amide bonds. The van der Waals surface area contributed by atoms with Gasteiger partial charge in [0.15, 0.2) is 5.82 Å². The van der Waals surface area contributed by atoms with E-state index in [9.17, 15) is 0 Å². The van der Waals surface area contributed by atoms with Crippen molar-refractivity contribution in [1.29, 1.82) is 0 Å². The third-order valence-electron chi connectivity index (χ3n) is 2.94. The van der Waals surface area contributed by atoms with Crippen LogP contribution in [-0.4, -0.2) is 16.6 Å². The van der Waals surface area contributed by atoms with E-state index in [2.05, 4.69) is 9.97 Å². The van der Waals surface area contributed by atoms with Crippen molar-refractivity contribution in [3.63, 3.8) is 0 Å². The Morgan fingerprint density at radius 3 is 2.60 bits per heavy atom. The average Bonchev–Trinajstić information content (AvgIpc) is 2.48. The highest BCUT2D eigenvalue weighted by Crippen LogP contribution is 2.28. The molecular formula is C16H13ClN2O. The Bertz CT molecular complexity index is 744. The third kappa shape index (κ3) is 2.45. The zero-order chi connectivity index (χ0) is 13.9. The van der Waals surface area contributed by atoms with Crippen LogP contribution in [0.2, 0.25) is 5.02 Å². The van der Waals surface area contributed by atoms with Gasteiger partial charge in [-0.2, -0.15) is 4.98 Å². The van der Waals surface area contributed by atoms with Crippen molar-refractivity contribution >= 4 is 22.5 Å². The van der Waals surface area contributed by atoms with E-state index in [-0.39, 0.29) is 0 Å². The Labute approximate surface area is 122 Å². The zero-order valence-corrected chi connectivity index (χ0v) is 11.8. The lowest BCUT2D eigenvalue weighted by Gasteiger charge is -2.09. The summed E-state index contributed by atoms with van der Waals surface area (Å²) in [6.07, 6.45) is 0. The van der Waals surface area contributed by atoms with E-state index < -0.39 is 0 Å². The number of rotatable bonds is 3. The number of benzene rings is 2. The number of fused-ring (bicyclic) bond motifs is 1. The molecule has 2 aromatic carbocycles. The monoisotopic (exact) mass is 284 g/mol. The quantitative estimate of drug-likeness (QED) is 0.717. The molecule has 0 aliphatic heterocycles. The van der Waals surface area contributed by atoms with Gasteiger partial charge in [-0.15, -0.1) is 0 Å². The molecule has 1 aromatic heterocycles. The smallest absolute Gasteiger partial charge is 0.225 e. The van der Waals surface area contributed by atoms with E-state index in [0.717, 1.165) is 16.5 Å². The Hall–Kier alpha value is -2.13. The molecule has 3 rings (SSSR count). The average molecular weight is 285 g/mol. The molecule has 100 valence electrons. The van der Waals surface area contributed by atoms with Gasteiger partial charge in [0, 0.05) is 10.6 Å². The van der Waals surface area contributed by atoms with E-state index in [4.69, 9.17) is 16.3 Å². The number of hydrogen-bond donors (Lipinski definition) is 0. The van der Waals surface area contributed by atoms with Crippen LogP contribution in [0.15, 0.2) is 48.5 Å². The highest BCUT2D eigenvalue weighted by atomic mass is 35.5. The summed E-state index contributed by atoms with van der Waals surface area (Å²) in [5.74, 6) is 1.23. The standard InChI is InChI=1S/C16H13ClN2O/c1-2-20-16-13-9-8-12(17)10-14(13)18-15(19-16)11-6-4-3-5-7-11/h3-10H,2H2,1H3. The maximum absolute atomic E-state index is 6.05. The van der Waals surface area contributed by atoms with Crippen LogP contribution in [0.4, 0.5) is 0 Å². The first-order chi connectivity index (χ1) is 9.78. The molecule has 0 bridgehead atoms. The third-order valence-corrected chi connectivity index (χ3v) is 3.17. The van der Waals surface area contributed by atoms with Crippen LogP contribution in [0.1, 0.15) is 6.92 Å². The highest BCUT2D eigenvalue weighted by molar-refractivity contribution is 6.31. The normalized spacial score (nSPS) is 10.7. The number of halogens is 1. The van der Waals surface area contributed by atoms with Crippen molar-refractivity contribution in [1.82, 2.24) is 9.97 Å². The van der Waals surface area contributed by atoms with Gasteiger partial charge in [-0.05, 0) is 25.1 Å². The molecule has 20 heavy (non-hydrogen) atoms. The van der Waals surface area contributed by atoms with Crippen LogP contribution in [0, 0.1) is 0 Å². The first kappa shape index (κ1) is 12.9. The van der Waals surface area contributed by atoms with Gasteiger partial charge in [-0.1, -0.05) is 41.9 Å². The van der Waals surface area contributed by atoms with Crippen molar-refractivity contribution < 1.29 is 4.74 Å². The molecule has 0 radical (unpaired) electrons. The second kappa shape index (κ2) is 5.47. The first-order valence-corrected chi connectivity index (χ1v) is 6.81. The number of ether oxygens (including phenoxy) is 1. The summed E-state index contributed by atoms with van der Waals surface area (Å²) in [5, 5.41) is 1.52. The molecular weight excluding hydrogens is 272 g/mol.